The van der Waals surface area contributed by atoms with E-state index in [1.165, 1.54) is 0 Å². The van der Waals surface area contributed by atoms with Crippen LogP contribution in [0.2, 0.25) is 0 Å². The number of allylic oxidation sites excluding steroid dienone is 4. The van der Waals surface area contributed by atoms with E-state index in [1.54, 1.807) is 19.1 Å². The second-order valence-corrected chi connectivity index (χ2v) is 3.94. The third kappa shape index (κ3) is 2.71. The summed E-state index contributed by atoms with van der Waals surface area (Å²) >= 11 is 0. The van der Waals surface area contributed by atoms with Gasteiger partial charge in [0, 0.05) is 11.6 Å². The van der Waals surface area contributed by atoms with Gasteiger partial charge in [0.15, 0.2) is 0 Å². The van der Waals surface area contributed by atoms with Crippen LogP contribution in [0.15, 0.2) is 40.8 Å². The van der Waals surface area contributed by atoms with Gasteiger partial charge in [-0.1, -0.05) is 13.8 Å². The zero-order valence-electron chi connectivity index (χ0n) is 9.99. The van der Waals surface area contributed by atoms with E-state index in [0.717, 1.165) is 18.4 Å². The smallest absolute Gasteiger partial charge is 0.258 e. The van der Waals surface area contributed by atoms with Gasteiger partial charge in [-0.25, -0.2) is 0 Å². The van der Waals surface area contributed by atoms with Crippen LogP contribution in [-0.4, -0.2) is 4.92 Å². The number of nitro groups is 1. The Hall–Kier alpha value is -1.60. The van der Waals surface area contributed by atoms with E-state index in [0.29, 0.717) is 11.5 Å². The van der Waals surface area contributed by atoms with Gasteiger partial charge < -0.3 is 0 Å². The van der Waals surface area contributed by atoms with E-state index in [-0.39, 0.29) is 10.6 Å². The molecule has 0 heterocycles. The molecule has 1 rings (SSSR count). The van der Waals surface area contributed by atoms with Crippen LogP contribution >= 0.6 is 0 Å². The lowest BCUT2D eigenvalue weighted by Gasteiger charge is -2.12. The molecule has 0 saturated heterocycles. The summed E-state index contributed by atoms with van der Waals surface area (Å²) in [6.45, 7) is 5.94. The van der Waals surface area contributed by atoms with E-state index in [2.05, 4.69) is 19.6 Å². The Kier molecular flexibility index (Phi) is 4.27. The predicted molar refractivity (Wildman–Crippen MR) is 64.5 cm³/mol. The molecule has 0 aromatic carbocycles. The highest BCUT2D eigenvalue weighted by Gasteiger charge is 2.16. The molecule has 0 saturated carbocycles. The second kappa shape index (κ2) is 5.47. The predicted octanol–water partition coefficient (Wildman–Crippen LogP) is 3.62. The molecule has 86 valence electrons. The number of hydrogen-bond donors (Lipinski definition) is 0. The van der Waals surface area contributed by atoms with E-state index in [4.69, 9.17) is 0 Å². The van der Waals surface area contributed by atoms with Crippen LogP contribution in [0.25, 0.3) is 0 Å². The van der Waals surface area contributed by atoms with E-state index in [9.17, 15) is 10.1 Å². The standard InChI is InChI=1S/C13H17NO2/c1-4-11(5-2)12-8-6-7-10(3)13(9-12)14(15)16/h7-9,11H,4-5H2,1-3H3. The molecule has 0 spiro atoms. The summed E-state index contributed by atoms with van der Waals surface area (Å²) in [5.41, 5.74) is 4.84. The van der Waals surface area contributed by atoms with Crippen LogP contribution in [0.3, 0.4) is 0 Å². The third-order valence-corrected chi connectivity index (χ3v) is 2.91. The normalized spacial score (nSPS) is 15.4. The van der Waals surface area contributed by atoms with E-state index < -0.39 is 0 Å². The Bertz CT molecular complexity index is 406. The molecule has 0 N–H and O–H groups in total. The zero-order chi connectivity index (χ0) is 12.1. The number of nitrogens with zero attached hydrogens (tertiary/aromatic N) is 1. The Morgan fingerprint density at radius 2 is 2.00 bits per heavy atom. The van der Waals surface area contributed by atoms with Gasteiger partial charge in [0.1, 0.15) is 0 Å². The highest BCUT2D eigenvalue weighted by molar-refractivity contribution is 5.37. The molecule has 1 aliphatic carbocycles. The summed E-state index contributed by atoms with van der Waals surface area (Å²) in [5.74, 6) is 0.377. The molecule has 3 heteroatoms. The monoisotopic (exact) mass is 219 g/mol. The summed E-state index contributed by atoms with van der Waals surface area (Å²) in [7, 11) is 0. The lowest BCUT2D eigenvalue weighted by atomic mass is 9.93. The maximum absolute atomic E-state index is 10.9. The molecule has 3 nitrogen and oxygen atoms in total. The first-order chi connectivity index (χ1) is 7.60. The van der Waals surface area contributed by atoms with Crippen molar-refractivity contribution >= 4 is 0 Å². The fraction of sp³-hybridized carbons (Fsp3) is 0.462. The van der Waals surface area contributed by atoms with Crippen molar-refractivity contribution in [2.45, 2.75) is 33.6 Å². The van der Waals surface area contributed by atoms with Gasteiger partial charge in [-0.3, -0.25) is 10.1 Å². The Balaban J connectivity index is 3.17. The van der Waals surface area contributed by atoms with Crippen molar-refractivity contribution < 1.29 is 4.92 Å². The van der Waals surface area contributed by atoms with Gasteiger partial charge >= 0.3 is 0 Å². The van der Waals surface area contributed by atoms with Crippen molar-refractivity contribution in [1.82, 2.24) is 0 Å². The molecule has 0 aromatic rings. The summed E-state index contributed by atoms with van der Waals surface area (Å²) in [5, 5.41) is 10.9. The Labute approximate surface area is 96.0 Å². The van der Waals surface area contributed by atoms with Crippen LogP contribution in [0, 0.1) is 16.0 Å². The quantitative estimate of drug-likeness (QED) is 0.411. The molecule has 0 unspecified atom stereocenters. The molecule has 0 fully saturated rings. The van der Waals surface area contributed by atoms with Gasteiger partial charge in [0.2, 0.25) is 0 Å². The molecule has 0 atom stereocenters. The molecular formula is C13H17NO2. The van der Waals surface area contributed by atoms with Crippen molar-refractivity contribution in [1.29, 1.82) is 0 Å². The maximum atomic E-state index is 10.9. The molecule has 0 aliphatic heterocycles. The zero-order valence-corrected chi connectivity index (χ0v) is 9.99. The van der Waals surface area contributed by atoms with Crippen LogP contribution in [0.4, 0.5) is 0 Å². The minimum absolute atomic E-state index is 0.183. The van der Waals surface area contributed by atoms with Gasteiger partial charge in [0.05, 0.1) is 4.92 Å². The van der Waals surface area contributed by atoms with Gasteiger partial charge in [0.25, 0.3) is 5.70 Å². The second-order valence-electron chi connectivity index (χ2n) is 3.94. The first-order valence-electron chi connectivity index (χ1n) is 5.59. The SMILES string of the molecule is CCC(CC)C1=CC([N+](=O)[O-])=C(C)C=C=C1. The first kappa shape index (κ1) is 12.5. The van der Waals surface area contributed by atoms with Crippen molar-refractivity contribution in [2.24, 2.45) is 5.92 Å². The summed E-state index contributed by atoms with van der Waals surface area (Å²) in [6.07, 6.45) is 7.19. The molecule has 0 amide bonds. The van der Waals surface area contributed by atoms with Crippen LogP contribution < -0.4 is 0 Å². The molecule has 0 radical (unpaired) electrons. The van der Waals surface area contributed by atoms with Crippen molar-refractivity contribution in [3.05, 3.63) is 50.9 Å². The van der Waals surface area contributed by atoms with Crippen molar-refractivity contribution in [3.8, 4) is 0 Å². The van der Waals surface area contributed by atoms with Crippen molar-refractivity contribution in [2.75, 3.05) is 0 Å². The fourth-order valence-electron chi connectivity index (χ4n) is 1.84. The minimum atomic E-state index is -0.324. The highest BCUT2D eigenvalue weighted by atomic mass is 16.6. The average molecular weight is 219 g/mol. The Morgan fingerprint density at radius 3 is 2.50 bits per heavy atom. The fourth-order valence-corrected chi connectivity index (χ4v) is 1.84. The van der Waals surface area contributed by atoms with Gasteiger partial charge in [-0.15, -0.1) is 5.73 Å². The topological polar surface area (TPSA) is 43.1 Å². The summed E-state index contributed by atoms with van der Waals surface area (Å²) < 4.78 is 0. The van der Waals surface area contributed by atoms with Gasteiger partial charge in [-0.2, -0.15) is 0 Å². The van der Waals surface area contributed by atoms with Crippen LogP contribution in [0.1, 0.15) is 33.6 Å². The number of hydrogen-bond acceptors (Lipinski definition) is 2. The molecular weight excluding hydrogens is 202 g/mol. The lowest BCUT2D eigenvalue weighted by molar-refractivity contribution is -0.420. The molecule has 0 bridgehead atoms. The largest absolute Gasteiger partial charge is 0.273 e. The summed E-state index contributed by atoms with van der Waals surface area (Å²) in [4.78, 5) is 10.6. The third-order valence-electron chi connectivity index (χ3n) is 2.91. The average Bonchev–Trinajstić information content (AvgIpc) is 2.43. The number of rotatable bonds is 4. The van der Waals surface area contributed by atoms with Crippen molar-refractivity contribution in [3.63, 3.8) is 0 Å². The lowest BCUT2D eigenvalue weighted by Crippen LogP contribution is -2.03. The van der Waals surface area contributed by atoms with Crippen LogP contribution in [-0.2, 0) is 0 Å². The molecule has 16 heavy (non-hydrogen) atoms. The molecule has 1 aliphatic rings. The van der Waals surface area contributed by atoms with Gasteiger partial charge in [-0.05, 0) is 43.4 Å². The van der Waals surface area contributed by atoms with E-state index >= 15 is 0 Å². The highest BCUT2D eigenvalue weighted by Crippen LogP contribution is 2.24. The molecule has 0 aromatic heterocycles. The Morgan fingerprint density at radius 1 is 1.38 bits per heavy atom. The first-order valence-corrected chi connectivity index (χ1v) is 5.59. The van der Waals surface area contributed by atoms with E-state index in [1.807, 2.05) is 6.08 Å². The summed E-state index contributed by atoms with van der Waals surface area (Å²) in [6, 6.07) is 0. The van der Waals surface area contributed by atoms with Crippen LogP contribution in [0.5, 0.6) is 0 Å². The minimum Gasteiger partial charge on any atom is -0.258 e. The maximum Gasteiger partial charge on any atom is 0.273 e.